The zero-order valence-electron chi connectivity index (χ0n) is 9.30. The minimum Gasteiger partial charge on any atom is -0.480 e. The maximum absolute atomic E-state index is 11.6. The summed E-state index contributed by atoms with van der Waals surface area (Å²) in [6, 6.07) is 0. The third-order valence-corrected chi connectivity index (χ3v) is 2.62. The van der Waals surface area contributed by atoms with Crippen LogP contribution in [0.4, 0.5) is 0 Å². The third-order valence-electron chi connectivity index (χ3n) is 1.85. The predicted molar refractivity (Wildman–Crippen MR) is 60.1 cm³/mol. The van der Waals surface area contributed by atoms with Gasteiger partial charge in [0, 0.05) is 6.54 Å². The Hall–Kier alpha value is -1.54. The van der Waals surface area contributed by atoms with Gasteiger partial charge >= 0.3 is 5.97 Å². The standard InChI is InChI=1S/C9H13N3O4S/c1-2-6-8(17-12-11-6)9(15)10-3-4-16-5-7(13)14/h2-5H2,1H3,(H,10,15)(H,13,14). The first kappa shape index (κ1) is 13.5. The summed E-state index contributed by atoms with van der Waals surface area (Å²) in [6.45, 7) is 1.95. The largest absolute Gasteiger partial charge is 0.480 e. The van der Waals surface area contributed by atoms with Gasteiger partial charge in [-0.25, -0.2) is 4.79 Å². The van der Waals surface area contributed by atoms with Crippen LogP contribution in [0, 0.1) is 0 Å². The topological polar surface area (TPSA) is 101 Å². The van der Waals surface area contributed by atoms with Crippen molar-refractivity contribution in [3.63, 3.8) is 0 Å². The molecule has 0 fully saturated rings. The summed E-state index contributed by atoms with van der Waals surface area (Å²) in [4.78, 5) is 22.3. The fourth-order valence-electron chi connectivity index (χ4n) is 1.09. The molecule has 1 amide bonds. The highest BCUT2D eigenvalue weighted by molar-refractivity contribution is 7.08. The van der Waals surface area contributed by atoms with Gasteiger partial charge in [0.05, 0.1) is 12.3 Å². The third kappa shape index (κ3) is 4.45. The van der Waals surface area contributed by atoms with Gasteiger partial charge in [0.1, 0.15) is 11.5 Å². The Labute approximate surface area is 102 Å². The second-order valence-electron chi connectivity index (χ2n) is 3.10. The van der Waals surface area contributed by atoms with E-state index in [0.29, 0.717) is 17.0 Å². The van der Waals surface area contributed by atoms with E-state index in [4.69, 9.17) is 9.84 Å². The number of amides is 1. The highest BCUT2D eigenvalue weighted by Gasteiger charge is 2.13. The molecule has 0 unspecified atom stereocenters. The molecule has 0 bridgehead atoms. The van der Waals surface area contributed by atoms with Gasteiger partial charge in [0.25, 0.3) is 5.91 Å². The van der Waals surface area contributed by atoms with E-state index in [2.05, 4.69) is 14.9 Å². The molecule has 0 radical (unpaired) electrons. The molecular formula is C9H13N3O4S. The predicted octanol–water partition coefficient (Wildman–Crippen LogP) is -0.0685. The first-order valence-electron chi connectivity index (χ1n) is 5.04. The summed E-state index contributed by atoms with van der Waals surface area (Å²) >= 11 is 1.04. The molecule has 0 aromatic carbocycles. The second kappa shape index (κ2) is 6.92. The van der Waals surface area contributed by atoms with Gasteiger partial charge < -0.3 is 15.2 Å². The molecule has 2 N–H and O–H groups in total. The average Bonchev–Trinajstić information content (AvgIpc) is 2.75. The van der Waals surface area contributed by atoms with Gasteiger partial charge in [-0.2, -0.15) is 0 Å². The normalized spacial score (nSPS) is 10.2. The number of ether oxygens (including phenoxy) is 1. The van der Waals surface area contributed by atoms with Crippen molar-refractivity contribution in [2.45, 2.75) is 13.3 Å². The average molecular weight is 259 g/mol. The van der Waals surface area contributed by atoms with Crippen molar-refractivity contribution in [1.82, 2.24) is 14.9 Å². The molecule has 0 aliphatic heterocycles. The molecule has 0 atom stereocenters. The van der Waals surface area contributed by atoms with E-state index in [1.54, 1.807) is 0 Å². The lowest BCUT2D eigenvalue weighted by atomic mass is 10.3. The van der Waals surface area contributed by atoms with Gasteiger partial charge in [0.15, 0.2) is 0 Å². The van der Waals surface area contributed by atoms with E-state index < -0.39 is 5.97 Å². The van der Waals surface area contributed by atoms with Crippen LogP contribution in [0.5, 0.6) is 0 Å². The number of hydrogen-bond donors (Lipinski definition) is 2. The fourth-order valence-corrected chi connectivity index (χ4v) is 1.76. The van der Waals surface area contributed by atoms with E-state index in [1.165, 1.54) is 0 Å². The van der Waals surface area contributed by atoms with Crippen molar-refractivity contribution in [2.24, 2.45) is 0 Å². The van der Waals surface area contributed by atoms with E-state index in [9.17, 15) is 9.59 Å². The highest BCUT2D eigenvalue weighted by Crippen LogP contribution is 2.10. The van der Waals surface area contributed by atoms with Crippen molar-refractivity contribution >= 4 is 23.4 Å². The highest BCUT2D eigenvalue weighted by atomic mass is 32.1. The van der Waals surface area contributed by atoms with Crippen molar-refractivity contribution in [3.05, 3.63) is 10.6 Å². The molecule has 0 aliphatic carbocycles. The second-order valence-corrected chi connectivity index (χ2v) is 3.86. The molecule has 94 valence electrons. The number of carbonyl (C=O) groups excluding carboxylic acids is 1. The lowest BCUT2D eigenvalue weighted by Gasteiger charge is -2.03. The van der Waals surface area contributed by atoms with Gasteiger partial charge in [-0.15, -0.1) is 5.10 Å². The Balaban J connectivity index is 2.28. The Morgan fingerprint density at radius 2 is 2.29 bits per heavy atom. The zero-order valence-corrected chi connectivity index (χ0v) is 10.1. The van der Waals surface area contributed by atoms with Crippen LogP contribution < -0.4 is 5.32 Å². The lowest BCUT2D eigenvalue weighted by Crippen LogP contribution is -2.28. The number of nitrogens with one attached hydrogen (secondary N) is 1. The van der Waals surface area contributed by atoms with Gasteiger partial charge in [0.2, 0.25) is 0 Å². The fraction of sp³-hybridized carbons (Fsp3) is 0.556. The van der Waals surface area contributed by atoms with Crippen molar-refractivity contribution in [3.8, 4) is 0 Å². The molecular weight excluding hydrogens is 246 g/mol. The quantitative estimate of drug-likeness (QED) is 0.665. The molecule has 0 aliphatic rings. The van der Waals surface area contributed by atoms with Crippen LogP contribution >= 0.6 is 11.5 Å². The summed E-state index contributed by atoms with van der Waals surface area (Å²) in [5, 5.41) is 14.7. The van der Waals surface area contributed by atoms with E-state index in [-0.39, 0.29) is 25.7 Å². The smallest absolute Gasteiger partial charge is 0.329 e. The summed E-state index contributed by atoms with van der Waals surface area (Å²) in [6.07, 6.45) is 0.648. The maximum Gasteiger partial charge on any atom is 0.329 e. The van der Waals surface area contributed by atoms with Gasteiger partial charge in [-0.1, -0.05) is 11.4 Å². The first-order valence-corrected chi connectivity index (χ1v) is 5.81. The molecule has 17 heavy (non-hydrogen) atoms. The van der Waals surface area contributed by atoms with Crippen molar-refractivity contribution in [1.29, 1.82) is 0 Å². The number of aryl methyl sites for hydroxylation is 1. The molecule has 0 saturated heterocycles. The molecule has 0 saturated carbocycles. The number of aromatic nitrogens is 2. The maximum atomic E-state index is 11.6. The number of carboxylic acid groups (broad SMARTS) is 1. The molecule has 7 nitrogen and oxygen atoms in total. The van der Waals surface area contributed by atoms with Crippen LogP contribution in [0.1, 0.15) is 22.3 Å². The van der Waals surface area contributed by atoms with E-state index in [0.717, 1.165) is 11.5 Å². The number of nitrogens with zero attached hydrogens (tertiary/aromatic N) is 2. The Kier molecular flexibility index (Phi) is 5.50. The summed E-state index contributed by atoms with van der Waals surface area (Å²) in [5.74, 6) is -1.29. The van der Waals surface area contributed by atoms with Crippen LogP contribution in [0.2, 0.25) is 0 Å². The number of aliphatic carboxylic acids is 1. The van der Waals surface area contributed by atoms with Gasteiger partial charge in [-0.3, -0.25) is 4.79 Å². The van der Waals surface area contributed by atoms with Gasteiger partial charge in [-0.05, 0) is 18.0 Å². The van der Waals surface area contributed by atoms with Crippen molar-refractivity contribution < 1.29 is 19.4 Å². The van der Waals surface area contributed by atoms with Crippen LogP contribution in [-0.4, -0.2) is 46.3 Å². The SMILES string of the molecule is CCc1nnsc1C(=O)NCCOCC(=O)O. The Bertz CT molecular complexity index is 393. The minimum atomic E-state index is -1.03. The summed E-state index contributed by atoms with van der Waals surface area (Å²) < 4.78 is 8.48. The van der Waals surface area contributed by atoms with Crippen LogP contribution in [0.15, 0.2) is 0 Å². The molecule has 1 aromatic rings. The number of carboxylic acids is 1. The van der Waals surface area contributed by atoms with Crippen molar-refractivity contribution in [2.75, 3.05) is 19.8 Å². The number of hydrogen-bond acceptors (Lipinski definition) is 6. The molecule has 0 spiro atoms. The number of rotatable bonds is 7. The zero-order chi connectivity index (χ0) is 12.7. The molecule has 1 aromatic heterocycles. The number of carbonyl (C=O) groups is 2. The minimum absolute atomic E-state index is 0.158. The Morgan fingerprint density at radius 3 is 2.94 bits per heavy atom. The Morgan fingerprint density at radius 1 is 1.53 bits per heavy atom. The summed E-state index contributed by atoms with van der Waals surface area (Å²) in [5.41, 5.74) is 0.666. The molecule has 8 heteroatoms. The first-order chi connectivity index (χ1) is 8.15. The van der Waals surface area contributed by atoms with Crippen LogP contribution in [-0.2, 0) is 16.0 Å². The lowest BCUT2D eigenvalue weighted by molar-refractivity contribution is -0.142. The monoisotopic (exact) mass is 259 g/mol. The molecule has 1 rings (SSSR count). The van der Waals surface area contributed by atoms with Crippen LogP contribution in [0.3, 0.4) is 0 Å². The molecule has 1 heterocycles. The van der Waals surface area contributed by atoms with Crippen LogP contribution in [0.25, 0.3) is 0 Å². The van der Waals surface area contributed by atoms with E-state index in [1.807, 2.05) is 6.92 Å². The van der Waals surface area contributed by atoms with E-state index >= 15 is 0 Å². The summed E-state index contributed by atoms with van der Waals surface area (Å²) in [7, 11) is 0.